The minimum Gasteiger partial charge on any atom is -0.377 e. The number of halogens is 2. The van der Waals surface area contributed by atoms with Crippen LogP contribution in [0.15, 0.2) is 18.2 Å². The summed E-state index contributed by atoms with van der Waals surface area (Å²) in [4.78, 5) is 14.3. The van der Waals surface area contributed by atoms with Crippen molar-refractivity contribution in [3.8, 4) is 0 Å². The fourth-order valence-electron chi connectivity index (χ4n) is 2.35. The zero-order valence-corrected chi connectivity index (χ0v) is 13.1. The number of nitrogens with zero attached hydrogens (tertiary/aromatic N) is 1. The fourth-order valence-corrected chi connectivity index (χ4v) is 2.61. The largest absolute Gasteiger partial charge is 0.377 e. The number of alkyl halides is 1. The number of rotatable bonds is 4. The van der Waals surface area contributed by atoms with Gasteiger partial charge in [0.15, 0.2) is 0 Å². The number of likely N-dealkylation sites (tertiary alicyclic amines) is 1. The van der Waals surface area contributed by atoms with Gasteiger partial charge in [-0.05, 0) is 37.5 Å². The first-order chi connectivity index (χ1) is 9.61. The van der Waals surface area contributed by atoms with Gasteiger partial charge in [0.25, 0.3) is 5.91 Å². The molecule has 0 aromatic heterocycles. The minimum absolute atomic E-state index is 0.0442. The molecular formula is C15H19Cl2NO2. The van der Waals surface area contributed by atoms with E-state index in [2.05, 4.69) is 0 Å². The van der Waals surface area contributed by atoms with E-state index in [1.807, 2.05) is 24.0 Å². The van der Waals surface area contributed by atoms with Gasteiger partial charge in [-0.2, -0.15) is 0 Å². The van der Waals surface area contributed by atoms with Crippen molar-refractivity contribution in [1.29, 1.82) is 0 Å². The molecule has 5 heteroatoms. The van der Waals surface area contributed by atoms with E-state index >= 15 is 0 Å². The van der Waals surface area contributed by atoms with E-state index in [9.17, 15) is 4.79 Å². The summed E-state index contributed by atoms with van der Waals surface area (Å²) in [5.41, 5.74) is 1.64. The van der Waals surface area contributed by atoms with Crippen molar-refractivity contribution in [2.24, 2.45) is 0 Å². The molecular weight excluding hydrogens is 297 g/mol. The van der Waals surface area contributed by atoms with E-state index in [1.54, 1.807) is 6.07 Å². The maximum absolute atomic E-state index is 12.4. The molecule has 0 N–H and O–H groups in total. The quantitative estimate of drug-likeness (QED) is 0.796. The van der Waals surface area contributed by atoms with Crippen LogP contribution in [0.5, 0.6) is 0 Å². The molecule has 1 heterocycles. The second-order valence-electron chi connectivity index (χ2n) is 5.02. The standard InChI is InChI=1S/C15H19Cl2NO2/c1-11-2-3-12(10-14(11)17)15(19)18-7-4-13(5-8-18)20-9-6-16/h2-3,10,13H,4-9H2,1H3. The molecule has 0 unspecified atom stereocenters. The number of hydrogen-bond donors (Lipinski definition) is 0. The highest BCUT2D eigenvalue weighted by molar-refractivity contribution is 6.31. The lowest BCUT2D eigenvalue weighted by atomic mass is 10.1. The van der Waals surface area contributed by atoms with Crippen LogP contribution in [0.3, 0.4) is 0 Å². The molecule has 0 bridgehead atoms. The van der Waals surface area contributed by atoms with Crippen LogP contribution in [0.4, 0.5) is 0 Å². The lowest BCUT2D eigenvalue weighted by Gasteiger charge is -2.32. The van der Waals surface area contributed by atoms with Gasteiger partial charge >= 0.3 is 0 Å². The summed E-state index contributed by atoms with van der Waals surface area (Å²) in [6.45, 7) is 3.94. The van der Waals surface area contributed by atoms with Gasteiger partial charge in [-0.15, -0.1) is 11.6 Å². The van der Waals surface area contributed by atoms with Crippen molar-refractivity contribution >= 4 is 29.1 Å². The zero-order chi connectivity index (χ0) is 14.5. The van der Waals surface area contributed by atoms with E-state index < -0.39 is 0 Å². The lowest BCUT2D eigenvalue weighted by Crippen LogP contribution is -2.41. The maximum atomic E-state index is 12.4. The number of aryl methyl sites for hydroxylation is 1. The molecule has 0 radical (unpaired) electrons. The first kappa shape index (κ1) is 15.6. The summed E-state index contributed by atoms with van der Waals surface area (Å²) >= 11 is 11.7. The number of carbonyl (C=O) groups excluding carboxylic acids is 1. The highest BCUT2D eigenvalue weighted by Gasteiger charge is 2.24. The van der Waals surface area contributed by atoms with Gasteiger partial charge in [-0.1, -0.05) is 17.7 Å². The lowest BCUT2D eigenvalue weighted by molar-refractivity contribution is 0.0154. The SMILES string of the molecule is Cc1ccc(C(=O)N2CCC(OCCCl)CC2)cc1Cl. The first-order valence-corrected chi connectivity index (χ1v) is 7.76. The zero-order valence-electron chi connectivity index (χ0n) is 11.6. The third kappa shape index (κ3) is 3.87. The van der Waals surface area contributed by atoms with Crippen LogP contribution in [0, 0.1) is 6.92 Å². The van der Waals surface area contributed by atoms with Crippen molar-refractivity contribution in [1.82, 2.24) is 4.90 Å². The Kier molecular flexibility index (Phi) is 5.70. The molecule has 110 valence electrons. The fraction of sp³-hybridized carbons (Fsp3) is 0.533. The summed E-state index contributed by atoms with van der Waals surface area (Å²) in [5.74, 6) is 0.559. The van der Waals surface area contributed by atoms with Crippen LogP contribution >= 0.6 is 23.2 Å². The molecule has 1 saturated heterocycles. The molecule has 20 heavy (non-hydrogen) atoms. The predicted octanol–water partition coefficient (Wildman–Crippen LogP) is 3.51. The van der Waals surface area contributed by atoms with Crippen LogP contribution in [-0.2, 0) is 4.74 Å². The van der Waals surface area contributed by atoms with Gasteiger partial charge in [0, 0.05) is 29.6 Å². The van der Waals surface area contributed by atoms with Crippen molar-refractivity contribution < 1.29 is 9.53 Å². The molecule has 1 aliphatic heterocycles. The highest BCUT2D eigenvalue weighted by Crippen LogP contribution is 2.20. The van der Waals surface area contributed by atoms with Gasteiger partial charge in [0.1, 0.15) is 0 Å². The van der Waals surface area contributed by atoms with Crippen LogP contribution < -0.4 is 0 Å². The Morgan fingerprint density at radius 3 is 2.70 bits per heavy atom. The number of carbonyl (C=O) groups is 1. The highest BCUT2D eigenvalue weighted by atomic mass is 35.5. The van der Waals surface area contributed by atoms with Crippen LogP contribution in [0.1, 0.15) is 28.8 Å². The molecule has 1 amide bonds. The van der Waals surface area contributed by atoms with Crippen molar-refractivity contribution in [2.75, 3.05) is 25.6 Å². The van der Waals surface area contributed by atoms with Gasteiger partial charge < -0.3 is 9.64 Å². The Hall–Kier alpha value is -0.770. The average Bonchev–Trinajstić information content (AvgIpc) is 2.48. The molecule has 1 aromatic rings. The number of benzene rings is 1. The molecule has 1 aliphatic rings. The molecule has 1 fully saturated rings. The van der Waals surface area contributed by atoms with Crippen LogP contribution in [0.25, 0.3) is 0 Å². The molecule has 3 nitrogen and oxygen atoms in total. The maximum Gasteiger partial charge on any atom is 0.253 e. The van der Waals surface area contributed by atoms with Gasteiger partial charge in [0.2, 0.25) is 0 Å². The van der Waals surface area contributed by atoms with Crippen molar-refractivity contribution in [2.45, 2.75) is 25.9 Å². The first-order valence-electron chi connectivity index (χ1n) is 6.85. The third-order valence-electron chi connectivity index (χ3n) is 3.58. The van der Waals surface area contributed by atoms with E-state index in [0.717, 1.165) is 31.5 Å². The van der Waals surface area contributed by atoms with E-state index in [4.69, 9.17) is 27.9 Å². The predicted molar refractivity (Wildman–Crippen MR) is 81.8 cm³/mol. The molecule has 0 saturated carbocycles. The Bertz CT molecular complexity index is 471. The molecule has 2 rings (SSSR count). The monoisotopic (exact) mass is 315 g/mol. The molecule has 0 spiro atoms. The van der Waals surface area contributed by atoms with Crippen LogP contribution in [-0.4, -0.2) is 42.5 Å². The molecule has 0 aliphatic carbocycles. The summed E-state index contributed by atoms with van der Waals surface area (Å²) in [6.07, 6.45) is 1.95. The van der Waals surface area contributed by atoms with Crippen LogP contribution in [0.2, 0.25) is 5.02 Å². The minimum atomic E-state index is 0.0442. The summed E-state index contributed by atoms with van der Waals surface area (Å²) < 4.78 is 5.61. The topological polar surface area (TPSA) is 29.5 Å². The summed E-state index contributed by atoms with van der Waals surface area (Å²) in [6, 6.07) is 5.46. The van der Waals surface area contributed by atoms with Gasteiger partial charge in [-0.25, -0.2) is 0 Å². The smallest absolute Gasteiger partial charge is 0.253 e. The Balaban J connectivity index is 1.92. The second-order valence-corrected chi connectivity index (χ2v) is 5.80. The Morgan fingerprint density at radius 1 is 1.40 bits per heavy atom. The number of hydrogen-bond acceptors (Lipinski definition) is 2. The summed E-state index contributed by atoms with van der Waals surface area (Å²) in [7, 11) is 0. The normalized spacial score (nSPS) is 16.4. The van der Waals surface area contributed by atoms with Gasteiger partial charge in [-0.3, -0.25) is 4.79 Å². The second kappa shape index (κ2) is 7.30. The summed E-state index contributed by atoms with van der Waals surface area (Å²) in [5, 5.41) is 0.635. The molecule has 0 atom stereocenters. The van der Waals surface area contributed by atoms with Crippen molar-refractivity contribution in [3.05, 3.63) is 34.3 Å². The molecule has 1 aromatic carbocycles. The average molecular weight is 316 g/mol. The number of piperidine rings is 1. The van der Waals surface area contributed by atoms with E-state index in [1.165, 1.54) is 0 Å². The number of amides is 1. The number of ether oxygens (including phenoxy) is 1. The van der Waals surface area contributed by atoms with Gasteiger partial charge in [0.05, 0.1) is 12.7 Å². The Morgan fingerprint density at radius 2 is 2.10 bits per heavy atom. The van der Waals surface area contributed by atoms with E-state index in [-0.39, 0.29) is 12.0 Å². The van der Waals surface area contributed by atoms with Crippen molar-refractivity contribution in [3.63, 3.8) is 0 Å². The Labute approximate surface area is 129 Å². The van der Waals surface area contributed by atoms with E-state index in [0.29, 0.717) is 23.1 Å². The third-order valence-corrected chi connectivity index (χ3v) is 4.14.